The van der Waals surface area contributed by atoms with Gasteiger partial charge in [-0.2, -0.15) is 0 Å². The Kier molecular flexibility index (Phi) is 30.5. The lowest BCUT2D eigenvalue weighted by atomic mass is 10.0. The molecule has 0 aliphatic heterocycles. The molecule has 0 saturated heterocycles. The average molecular weight is 555 g/mol. The van der Waals surface area contributed by atoms with Gasteiger partial charge in [0.15, 0.2) is 6.10 Å². The summed E-state index contributed by atoms with van der Waals surface area (Å²) < 4.78 is 10.5. The van der Waals surface area contributed by atoms with E-state index in [2.05, 4.69) is 13.8 Å². The molecule has 0 aliphatic rings. The molecule has 0 heterocycles. The van der Waals surface area contributed by atoms with Gasteiger partial charge in [0, 0.05) is 12.8 Å². The Morgan fingerprint density at radius 1 is 0.487 bits per heavy atom. The zero-order valence-electron chi connectivity index (χ0n) is 26.2. The van der Waals surface area contributed by atoms with E-state index in [4.69, 9.17) is 9.47 Å². The van der Waals surface area contributed by atoms with Crippen LogP contribution in [0.5, 0.6) is 0 Å². The van der Waals surface area contributed by atoms with Gasteiger partial charge in [-0.1, -0.05) is 162 Å². The summed E-state index contributed by atoms with van der Waals surface area (Å²) in [6.07, 6.45) is 31.6. The van der Waals surface area contributed by atoms with Crippen molar-refractivity contribution in [2.24, 2.45) is 0 Å². The van der Waals surface area contributed by atoms with E-state index in [0.29, 0.717) is 12.8 Å². The summed E-state index contributed by atoms with van der Waals surface area (Å²) in [6, 6.07) is 0. The number of unbranched alkanes of at least 4 members (excludes halogenated alkanes) is 23. The van der Waals surface area contributed by atoms with E-state index in [1.54, 1.807) is 0 Å². The Bertz CT molecular complexity index is 522. The monoisotopic (exact) mass is 554 g/mol. The van der Waals surface area contributed by atoms with E-state index < -0.39 is 6.10 Å². The molecule has 0 spiro atoms. The van der Waals surface area contributed by atoms with Gasteiger partial charge in [-0.05, 0) is 12.8 Å². The molecule has 0 aromatic carbocycles. The largest absolute Gasteiger partial charge is 0.462 e. The Balaban J connectivity index is 3.51. The maximum Gasteiger partial charge on any atom is 0.306 e. The number of carbonyl (C=O) groups is 2. The lowest BCUT2D eigenvalue weighted by Crippen LogP contribution is -2.28. The molecule has 5 heteroatoms. The van der Waals surface area contributed by atoms with Crippen LogP contribution in [0.25, 0.3) is 0 Å². The first-order chi connectivity index (χ1) is 19.1. The van der Waals surface area contributed by atoms with Gasteiger partial charge < -0.3 is 14.6 Å². The van der Waals surface area contributed by atoms with Crippen LogP contribution in [0, 0.1) is 0 Å². The van der Waals surface area contributed by atoms with Gasteiger partial charge in [0.1, 0.15) is 6.61 Å². The predicted molar refractivity (Wildman–Crippen MR) is 164 cm³/mol. The molecule has 0 bridgehead atoms. The molecule has 0 fully saturated rings. The normalized spacial score (nSPS) is 12.0. The summed E-state index contributed by atoms with van der Waals surface area (Å²) in [5.41, 5.74) is 0. The highest BCUT2D eigenvalue weighted by atomic mass is 16.6. The first-order valence-corrected chi connectivity index (χ1v) is 17.1. The number of hydrogen-bond donors (Lipinski definition) is 1. The van der Waals surface area contributed by atoms with Gasteiger partial charge >= 0.3 is 11.9 Å². The molecule has 0 amide bonds. The highest BCUT2D eigenvalue weighted by Crippen LogP contribution is 2.15. The summed E-state index contributed by atoms with van der Waals surface area (Å²) in [4.78, 5) is 24.0. The highest BCUT2D eigenvalue weighted by molar-refractivity contribution is 5.70. The fourth-order valence-corrected chi connectivity index (χ4v) is 5.02. The van der Waals surface area contributed by atoms with Crippen molar-refractivity contribution in [3.63, 3.8) is 0 Å². The smallest absolute Gasteiger partial charge is 0.306 e. The van der Waals surface area contributed by atoms with Crippen LogP contribution in [0.4, 0.5) is 0 Å². The molecule has 39 heavy (non-hydrogen) atoms. The summed E-state index contributed by atoms with van der Waals surface area (Å²) in [5, 5.41) is 9.48. The van der Waals surface area contributed by atoms with E-state index >= 15 is 0 Å². The molecular formula is C34H66O5. The van der Waals surface area contributed by atoms with Crippen molar-refractivity contribution in [2.75, 3.05) is 13.2 Å². The summed E-state index contributed by atoms with van der Waals surface area (Å²) in [5.74, 6) is -0.584. The van der Waals surface area contributed by atoms with Gasteiger partial charge in [0.05, 0.1) is 6.61 Å². The van der Waals surface area contributed by atoms with Crippen LogP contribution in [-0.4, -0.2) is 36.4 Å². The number of carbonyl (C=O) groups excluding carboxylic acids is 2. The van der Waals surface area contributed by atoms with Crippen LogP contribution in [0.1, 0.15) is 187 Å². The summed E-state index contributed by atoms with van der Waals surface area (Å²) in [6.45, 7) is 4.12. The van der Waals surface area contributed by atoms with Crippen molar-refractivity contribution < 1.29 is 24.2 Å². The van der Waals surface area contributed by atoms with Gasteiger partial charge in [0.2, 0.25) is 0 Å². The third-order valence-corrected chi connectivity index (χ3v) is 7.65. The Morgan fingerprint density at radius 3 is 1.13 bits per heavy atom. The third kappa shape index (κ3) is 29.7. The molecule has 1 N–H and O–H groups in total. The van der Waals surface area contributed by atoms with Gasteiger partial charge in [-0.15, -0.1) is 0 Å². The first kappa shape index (κ1) is 37.9. The van der Waals surface area contributed by atoms with Gasteiger partial charge in [-0.3, -0.25) is 9.59 Å². The fourth-order valence-electron chi connectivity index (χ4n) is 5.02. The number of rotatable bonds is 31. The van der Waals surface area contributed by atoms with E-state index in [0.717, 1.165) is 38.5 Å². The standard InChI is InChI=1S/C34H66O5/c1-3-5-7-9-11-13-14-15-16-17-18-19-21-23-25-27-29-34(37)39-32(30-35)31-38-33(36)28-26-24-22-20-12-10-8-6-4-2/h32,35H,3-31H2,1-2H3. The van der Waals surface area contributed by atoms with Crippen molar-refractivity contribution in [3.8, 4) is 0 Å². The molecule has 1 unspecified atom stereocenters. The first-order valence-electron chi connectivity index (χ1n) is 17.1. The van der Waals surface area contributed by atoms with Crippen LogP contribution < -0.4 is 0 Å². The lowest BCUT2D eigenvalue weighted by Gasteiger charge is -2.15. The topological polar surface area (TPSA) is 72.8 Å². The minimum absolute atomic E-state index is 0.0581. The minimum Gasteiger partial charge on any atom is -0.462 e. The Hall–Kier alpha value is -1.10. The SMILES string of the molecule is CCCCCCCCCCCCCCCCCCC(=O)OC(CO)COC(=O)CCCCCCCCCCC. The molecule has 0 aromatic rings. The number of hydrogen-bond acceptors (Lipinski definition) is 5. The molecule has 0 aliphatic carbocycles. The van der Waals surface area contributed by atoms with E-state index in [9.17, 15) is 14.7 Å². The molecule has 1 atom stereocenters. The van der Waals surface area contributed by atoms with Crippen LogP contribution in [0.2, 0.25) is 0 Å². The quantitative estimate of drug-likeness (QED) is 0.0681. The minimum atomic E-state index is -0.759. The predicted octanol–water partition coefficient (Wildman–Crippen LogP) is 10.0. The number of esters is 2. The second-order valence-corrected chi connectivity index (χ2v) is 11.6. The van der Waals surface area contributed by atoms with Gasteiger partial charge in [-0.25, -0.2) is 0 Å². The number of aliphatic hydroxyl groups excluding tert-OH is 1. The van der Waals surface area contributed by atoms with Crippen molar-refractivity contribution >= 4 is 11.9 Å². The molecule has 5 nitrogen and oxygen atoms in total. The summed E-state index contributed by atoms with van der Waals surface area (Å²) in [7, 11) is 0. The maximum absolute atomic E-state index is 12.1. The van der Waals surface area contributed by atoms with Crippen LogP contribution in [0.3, 0.4) is 0 Å². The Morgan fingerprint density at radius 2 is 0.795 bits per heavy atom. The highest BCUT2D eigenvalue weighted by Gasteiger charge is 2.16. The second-order valence-electron chi connectivity index (χ2n) is 11.6. The molecule has 0 saturated carbocycles. The van der Waals surface area contributed by atoms with Crippen molar-refractivity contribution in [2.45, 2.75) is 193 Å². The molecule has 232 valence electrons. The second kappa shape index (κ2) is 31.4. The average Bonchev–Trinajstić information content (AvgIpc) is 2.94. The number of ether oxygens (including phenoxy) is 2. The van der Waals surface area contributed by atoms with Crippen LogP contribution in [-0.2, 0) is 19.1 Å². The third-order valence-electron chi connectivity index (χ3n) is 7.65. The molecule has 0 rings (SSSR count). The van der Waals surface area contributed by atoms with Gasteiger partial charge in [0.25, 0.3) is 0 Å². The van der Waals surface area contributed by atoms with Crippen molar-refractivity contribution in [1.29, 1.82) is 0 Å². The maximum atomic E-state index is 12.1. The lowest BCUT2D eigenvalue weighted by molar-refractivity contribution is -0.161. The van der Waals surface area contributed by atoms with E-state index in [1.165, 1.54) is 122 Å². The zero-order valence-corrected chi connectivity index (χ0v) is 26.2. The van der Waals surface area contributed by atoms with E-state index in [-0.39, 0.29) is 25.2 Å². The van der Waals surface area contributed by atoms with E-state index in [1.807, 2.05) is 0 Å². The van der Waals surface area contributed by atoms with Crippen molar-refractivity contribution in [1.82, 2.24) is 0 Å². The van der Waals surface area contributed by atoms with Crippen molar-refractivity contribution in [3.05, 3.63) is 0 Å². The zero-order chi connectivity index (χ0) is 28.7. The van der Waals surface area contributed by atoms with Crippen LogP contribution >= 0.6 is 0 Å². The molecule has 0 radical (unpaired) electrons. The Labute approximate surface area is 242 Å². The molecule has 0 aromatic heterocycles. The van der Waals surface area contributed by atoms with Crippen LogP contribution in [0.15, 0.2) is 0 Å². The summed E-state index contributed by atoms with van der Waals surface area (Å²) >= 11 is 0. The molecular weight excluding hydrogens is 488 g/mol. The number of aliphatic hydroxyl groups is 1. The fraction of sp³-hybridized carbons (Fsp3) is 0.941.